The van der Waals surface area contributed by atoms with E-state index in [2.05, 4.69) is 10.4 Å². The molecule has 0 saturated heterocycles. The third kappa shape index (κ3) is 3.73. The van der Waals surface area contributed by atoms with Crippen LogP contribution in [0.3, 0.4) is 0 Å². The van der Waals surface area contributed by atoms with Gasteiger partial charge in [-0.25, -0.2) is 0 Å². The van der Waals surface area contributed by atoms with Gasteiger partial charge in [-0.3, -0.25) is 19.2 Å². The SMILES string of the molecule is CC1(C(=O)NC2CCCCC2)Cn2nc(-c3cccs3)cc2C(=O)N1c1cccc(Cl)c1. The van der Waals surface area contributed by atoms with Crippen molar-refractivity contribution >= 4 is 40.4 Å². The van der Waals surface area contributed by atoms with Crippen LogP contribution >= 0.6 is 22.9 Å². The molecule has 32 heavy (non-hydrogen) atoms. The van der Waals surface area contributed by atoms with Crippen LogP contribution in [0.1, 0.15) is 49.5 Å². The Kier molecular flexibility index (Phi) is 5.55. The minimum absolute atomic E-state index is 0.144. The molecule has 1 fully saturated rings. The number of anilines is 1. The van der Waals surface area contributed by atoms with Gasteiger partial charge >= 0.3 is 0 Å². The predicted octanol–water partition coefficient (Wildman–Crippen LogP) is 5.13. The zero-order chi connectivity index (χ0) is 22.3. The van der Waals surface area contributed by atoms with E-state index in [4.69, 9.17) is 11.6 Å². The summed E-state index contributed by atoms with van der Waals surface area (Å²) in [6.45, 7) is 2.09. The maximum atomic E-state index is 13.8. The zero-order valence-electron chi connectivity index (χ0n) is 17.9. The van der Waals surface area contributed by atoms with E-state index in [1.54, 1.807) is 39.1 Å². The molecule has 5 rings (SSSR count). The molecule has 0 radical (unpaired) electrons. The molecule has 2 amide bonds. The average Bonchev–Trinajstić information content (AvgIpc) is 3.44. The largest absolute Gasteiger partial charge is 0.351 e. The fourth-order valence-electron chi connectivity index (χ4n) is 4.73. The lowest BCUT2D eigenvalue weighted by molar-refractivity contribution is -0.127. The van der Waals surface area contributed by atoms with Crippen molar-refractivity contribution in [2.24, 2.45) is 0 Å². The predicted molar refractivity (Wildman–Crippen MR) is 127 cm³/mol. The van der Waals surface area contributed by atoms with E-state index in [1.807, 2.05) is 36.6 Å². The molecule has 3 aromatic rings. The summed E-state index contributed by atoms with van der Waals surface area (Å²) in [7, 11) is 0. The van der Waals surface area contributed by atoms with Gasteiger partial charge < -0.3 is 5.32 Å². The minimum atomic E-state index is -1.13. The van der Waals surface area contributed by atoms with Crippen molar-refractivity contribution in [3.05, 3.63) is 58.6 Å². The van der Waals surface area contributed by atoms with Crippen LogP contribution in [0.15, 0.2) is 47.8 Å². The van der Waals surface area contributed by atoms with E-state index in [0.29, 0.717) is 16.4 Å². The summed E-state index contributed by atoms with van der Waals surface area (Å²) in [6, 6.07) is 13.0. The number of hydrogen-bond donors (Lipinski definition) is 1. The van der Waals surface area contributed by atoms with Crippen LogP contribution in [-0.4, -0.2) is 33.2 Å². The highest BCUT2D eigenvalue weighted by Crippen LogP contribution is 2.36. The van der Waals surface area contributed by atoms with E-state index in [0.717, 1.165) is 36.3 Å². The highest BCUT2D eigenvalue weighted by molar-refractivity contribution is 7.13. The molecule has 2 aliphatic rings. The normalized spacial score (nSPS) is 21.4. The van der Waals surface area contributed by atoms with Crippen LogP contribution in [0.5, 0.6) is 0 Å². The summed E-state index contributed by atoms with van der Waals surface area (Å²) >= 11 is 7.83. The molecule has 1 aliphatic carbocycles. The van der Waals surface area contributed by atoms with Crippen molar-refractivity contribution in [2.75, 3.05) is 4.90 Å². The number of nitrogens with one attached hydrogen (secondary N) is 1. The van der Waals surface area contributed by atoms with Crippen LogP contribution < -0.4 is 10.2 Å². The topological polar surface area (TPSA) is 67.2 Å². The lowest BCUT2D eigenvalue weighted by Crippen LogP contribution is -2.65. The number of hydrogen-bond acceptors (Lipinski definition) is 4. The second-order valence-electron chi connectivity index (χ2n) is 8.75. The number of carbonyl (C=O) groups is 2. The molecule has 0 spiro atoms. The van der Waals surface area contributed by atoms with Gasteiger partial charge in [0.25, 0.3) is 5.91 Å². The third-order valence-electron chi connectivity index (χ3n) is 6.42. The highest BCUT2D eigenvalue weighted by atomic mass is 35.5. The van der Waals surface area contributed by atoms with Gasteiger partial charge in [-0.2, -0.15) is 5.10 Å². The Morgan fingerprint density at radius 1 is 1.19 bits per heavy atom. The van der Waals surface area contributed by atoms with Crippen molar-refractivity contribution in [1.82, 2.24) is 15.1 Å². The first-order valence-electron chi connectivity index (χ1n) is 11.0. The van der Waals surface area contributed by atoms with Gasteiger partial charge in [-0.05, 0) is 55.5 Å². The van der Waals surface area contributed by atoms with Crippen molar-refractivity contribution in [1.29, 1.82) is 0 Å². The summed E-state index contributed by atoms with van der Waals surface area (Å²) in [6.07, 6.45) is 5.39. The van der Waals surface area contributed by atoms with E-state index in [1.165, 1.54) is 6.42 Å². The fraction of sp³-hybridized carbons (Fsp3) is 0.375. The Labute approximate surface area is 196 Å². The molecule has 1 saturated carbocycles. The van der Waals surface area contributed by atoms with Crippen LogP contribution in [0.25, 0.3) is 10.6 Å². The van der Waals surface area contributed by atoms with Gasteiger partial charge in [0.05, 0.1) is 11.4 Å². The number of aromatic nitrogens is 2. The van der Waals surface area contributed by atoms with Gasteiger partial charge in [-0.1, -0.05) is 43.0 Å². The number of thiophene rings is 1. The average molecular weight is 469 g/mol. The quantitative estimate of drug-likeness (QED) is 0.577. The minimum Gasteiger partial charge on any atom is -0.351 e. The Hall–Kier alpha value is -2.64. The third-order valence-corrected chi connectivity index (χ3v) is 7.55. The maximum Gasteiger partial charge on any atom is 0.277 e. The second kappa shape index (κ2) is 8.37. The summed E-state index contributed by atoms with van der Waals surface area (Å²) in [5.41, 5.74) is 0.682. The van der Waals surface area contributed by atoms with Crippen molar-refractivity contribution < 1.29 is 9.59 Å². The highest BCUT2D eigenvalue weighted by Gasteiger charge is 2.49. The van der Waals surface area contributed by atoms with Crippen LogP contribution in [0, 0.1) is 0 Å². The standard InChI is InChI=1S/C24H25ClN4O2S/c1-24(23(31)26-17-8-3-2-4-9-17)15-28-20(14-19(27-28)21-11-6-12-32-21)22(30)29(24)18-10-5-7-16(25)13-18/h5-7,10-14,17H,2-4,8-9,15H2,1H3,(H,26,31). The molecule has 3 heterocycles. The lowest BCUT2D eigenvalue weighted by Gasteiger charge is -2.44. The molecule has 1 unspecified atom stereocenters. The first-order valence-corrected chi connectivity index (χ1v) is 12.2. The van der Waals surface area contributed by atoms with Gasteiger partial charge in [0.15, 0.2) is 0 Å². The molecule has 8 heteroatoms. The number of benzene rings is 1. The number of fused-ring (bicyclic) bond motifs is 1. The molecule has 6 nitrogen and oxygen atoms in total. The number of amides is 2. The van der Waals surface area contributed by atoms with Gasteiger partial charge in [0.1, 0.15) is 16.9 Å². The summed E-state index contributed by atoms with van der Waals surface area (Å²) < 4.78 is 1.68. The molecular formula is C24H25ClN4O2S. The van der Waals surface area contributed by atoms with Gasteiger partial charge in [-0.15, -0.1) is 11.3 Å². The lowest BCUT2D eigenvalue weighted by atomic mass is 9.91. The van der Waals surface area contributed by atoms with E-state index < -0.39 is 5.54 Å². The fourth-order valence-corrected chi connectivity index (χ4v) is 5.60. The Morgan fingerprint density at radius 3 is 2.72 bits per heavy atom. The molecule has 2 aromatic heterocycles. The van der Waals surface area contributed by atoms with E-state index in [9.17, 15) is 9.59 Å². The van der Waals surface area contributed by atoms with Crippen molar-refractivity contribution in [3.8, 4) is 10.6 Å². The second-order valence-corrected chi connectivity index (χ2v) is 10.1. The van der Waals surface area contributed by atoms with Crippen molar-refractivity contribution in [2.45, 2.75) is 57.2 Å². The van der Waals surface area contributed by atoms with Crippen LogP contribution in [0.4, 0.5) is 5.69 Å². The van der Waals surface area contributed by atoms with E-state index in [-0.39, 0.29) is 24.4 Å². The monoisotopic (exact) mass is 468 g/mol. The first kappa shape index (κ1) is 21.2. The van der Waals surface area contributed by atoms with Gasteiger partial charge in [0.2, 0.25) is 5.91 Å². The first-order chi connectivity index (χ1) is 15.5. The van der Waals surface area contributed by atoms with Crippen LogP contribution in [-0.2, 0) is 11.3 Å². The molecule has 1 atom stereocenters. The van der Waals surface area contributed by atoms with Gasteiger partial charge in [0, 0.05) is 16.8 Å². The van der Waals surface area contributed by atoms with Crippen molar-refractivity contribution in [3.63, 3.8) is 0 Å². The summed E-state index contributed by atoms with van der Waals surface area (Å²) in [5.74, 6) is -0.410. The maximum absolute atomic E-state index is 13.8. The molecule has 1 aromatic carbocycles. The molecule has 1 N–H and O–H groups in total. The number of nitrogens with zero attached hydrogens (tertiary/aromatic N) is 3. The number of halogens is 1. The summed E-state index contributed by atoms with van der Waals surface area (Å²) in [5, 5.41) is 10.4. The summed E-state index contributed by atoms with van der Waals surface area (Å²) in [4.78, 5) is 30.0. The van der Waals surface area contributed by atoms with E-state index >= 15 is 0 Å². The smallest absolute Gasteiger partial charge is 0.277 e. The Balaban J connectivity index is 1.56. The number of rotatable bonds is 4. The Bertz CT molecular complexity index is 1150. The molecule has 0 bridgehead atoms. The molecular weight excluding hydrogens is 444 g/mol. The van der Waals surface area contributed by atoms with Crippen LogP contribution in [0.2, 0.25) is 5.02 Å². The molecule has 166 valence electrons. The molecule has 1 aliphatic heterocycles. The zero-order valence-corrected chi connectivity index (χ0v) is 19.5. The number of carbonyl (C=O) groups excluding carboxylic acids is 2. The Morgan fingerprint density at radius 2 is 2.00 bits per heavy atom.